The summed E-state index contributed by atoms with van der Waals surface area (Å²) in [6.07, 6.45) is 5.10. The van der Waals surface area contributed by atoms with Gasteiger partial charge in [-0.05, 0) is 0 Å². The second-order valence-corrected chi connectivity index (χ2v) is 6.14. The quantitative estimate of drug-likeness (QED) is 0.572. The van der Waals surface area contributed by atoms with Crippen LogP contribution in [0.3, 0.4) is 0 Å². The topological polar surface area (TPSA) is 0 Å². The summed E-state index contributed by atoms with van der Waals surface area (Å²) in [5.41, 5.74) is 1.63. The first-order valence-electron chi connectivity index (χ1n) is 5.21. The molecule has 1 aliphatic carbocycles. The van der Waals surface area contributed by atoms with E-state index < -0.39 is 0 Å². The van der Waals surface area contributed by atoms with Crippen LogP contribution < -0.4 is 4.46 Å². The first-order chi connectivity index (χ1) is 6.86. The molecule has 74 valence electrons. The fourth-order valence-corrected chi connectivity index (χ4v) is 4.30. The van der Waals surface area contributed by atoms with Crippen LogP contribution in [0.1, 0.15) is 19.8 Å². The van der Waals surface area contributed by atoms with Crippen molar-refractivity contribution in [2.24, 2.45) is 5.92 Å². The number of benzene rings is 1. The van der Waals surface area contributed by atoms with E-state index >= 15 is 0 Å². The molecule has 0 N–H and O–H groups in total. The van der Waals surface area contributed by atoms with Crippen molar-refractivity contribution in [1.82, 2.24) is 0 Å². The average Bonchev–Trinajstić information content (AvgIpc) is 2.63. The van der Waals surface area contributed by atoms with Crippen molar-refractivity contribution < 1.29 is 0 Å². The predicted octanol–water partition coefficient (Wildman–Crippen LogP) is 2.79. The molecule has 0 spiro atoms. The van der Waals surface area contributed by atoms with Crippen molar-refractivity contribution in [3.63, 3.8) is 0 Å². The molecule has 1 heteroatoms. The molecule has 2 rings (SSSR count). The Morgan fingerprint density at radius 1 is 1.29 bits per heavy atom. The third-order valence-electron chi connectivity index (χ3n) is 2.82. The number of hydrogen-bond donors (Lipinski definition) is 0. The Morgan fingerprint density at radius 2 is 2.07 bits per heavy atom. The molecule has 1 aromatic rings. The summed E-state index contributed by atoms with van der Waals surface area (Å²) in [6.45, 7) is 2.29. The van der Waals surface area contributed by atoms with E-state index in [1.807, 2.05) is 0 Å². The maximum atomic E-state index is 2.41. The number of allylic oxidation sites excluding steroid dienone is 2. The van der Waals surface area contributed by atoms with Crippen LogP contribution in [0.15, 0.2) is 42.0 Å². The van der Waals surface area contributed by atoms with Crippen molar-refractivity contribution in [1.29, 1.82) is 0 Å². The van der Waals surface area contributed by atoms with Crippen molar-refractivity contribution >= 4 is 19.4 Å². The maximum absolute atomic E-state index is 2.41. The van der Waals surface area contributed by atoms with Gasteiger partial charge in [-0.1, -0.05) is 0 Å². The van der Waals surface area contributed by atoms with Crippen molar-refractivity contribution in [3.05, 3.63) is 42.0 Å². The van der Waals surface area contributed by atoms with E-state index in [1.165, 1.54) is 18.2 Å². The summed E-state index contributed by atoms with van der Waals surface area (Å²) in [5.74, 6) is 0.884. The molecule has 0 amide bonds. The minimum atomic E-state index is 0.672. The van der Waals surface area contributed by atoms with Crippen molar-refractivity contribution in [2.45, 2.75) is 25.1 Å². The van der Waals surface area contributed by atoms with Gasteiger partial charge in [-0.15, -0.1) is 0 Å². The van der Waals surface area contributed by atoms with Gasteiger partial charge in [0.05, 0.1) is 0 Å². The molecular weight excluding hydrogens is 235 g/mol. The van der Waals surface area contributed by atoms with Gasteiger partial charge < -0.3 is 0 Å². The molecule has 0 aromatic heterocycles. The number of rotatable bonds is 3. The van der Waals surface area contributed by atoms with E-state index in [0.29, 0.717) is 15.0 Å². The first-order valence-corrected chi connectivity index (χ1v) is 7.27. The molecule has 1 unspecified atom stereocenters. The molecule has 0 fully saturated rings. The Labute approximate surface area is 92.6 Å². The van der Waals surface area contributed by atoms with E-state index in [9.17, 15) is 0 Å². The molecule has 0 radical (unpaired) electrons. The Bertz CT molecular complexity index is 313. The fourth-order valence-electron chi connectivity index (χ4n) is 1.83. The molecule has 0 heterocycles. The molecule has 1 aromatic carbocycles. The summed E-state index contributed by atoms with van der Waals surface area (Å²) in [7, 11) is 0. The zero-order valence-electron chi connectivity index (χ0n) is 8.57. The average molecular weight is 251 g/mol. The Kier molecular flexibility index (Phi) is 3.44. The van der Waals surface area contributed by atoms with Crippen LogP contribution in [-0.4, -0.2) is 15.0 Å². The molecular formula is C13H16Se. The van der Waals surface area contributed by atoms with Gasteiger partial charge in [0, 0.05) is 0 Å². The van der Waals surface area contributed by atoms with E-state index in [-0.39, 0.29) is 0 Å². The summed E-state index contributed by atoms with van der Waals surface area (Å²) in [4.78, 5) is 0. The first kappa shape index (κ1) is 10.0. The number of hydrogen-bond acceptors (Lipinski definition) is 0. The molecule has 0 nitrogen and oxygen atoms in total. The van der Waals surface area contributed by atoms with Crippen LogP contribution in [0, 0.1) is 5.92 Å². The Balaban J connectivity index is 1.86. The van der Waals surface area contributed by atoms with E-state index in [0.717, 1.165) is 5.92 Å². The molecule has 1 atom stereocenters. The van der Waals surface area contributed by atoms with Crippen molar-refractivity contribution in [2.75, 3.05) is 0 Å². The summed E-state index contributed by atoms with van der Waals surface area (Å²) in [6, 6.07) is 10.9. The van der Waals surface area contributed by atoms with Gasteiger partial charge in [0.2, 0.25) is 0 Å². The van der Waals surface area contributed by atoms with Gasteiger partial charge in [-0.2, -0.15) is 0 Å². The minimum absolute atomic E-state index is 0.672. The third kappa shape index (κ3) is 2.49. The molecule has 0 bridgehead atoms. The van der Waals surface area contributed by atoms with Gasteiger partial charge in [-0.3, -0.25) is 0 Å². The molecule has 0 aliphatic heterocycles. The van der Waals surface area contributed by atoms with Gasteiger partial charge >= 0.3 is 92.4 Å². The van der Waals surface area contributed by atoms with Crippen LogP contribution in [0.2, 0.25) is 5.32 Å². The third-order valence-corrected chi connectivity index (χ3v) is 5.28. The Hall–Kier alpha value is -0.521. The molecule has 0 saturated heterocycles. The molecule has 14 heavy (non-hydrogen) atoms. The fraction of sp³-hybridized carbons (Fsp3) is 0.385. The van der Waals surface area contributed by atoms with Gasteiger partial charge in [-0.25, -0.2) is 0 Å². The second-order valence-electron chi connectivity index (χ2n) is 3.85. The van der Waals surface area contributed by atoms with E-state index in [2.05, 4.69) is 43.3 Å². The second kappa shape index (κ2) is 4.82. The zero-order chi connectivity index (χ0) is 9.80. The normalized spacial score (nSPS) is 20.9. The molecule has 0 saturated carbocycles. The summed E-state index contributed by atoms with van der Waals surface area (Å²) in [5, 5.41) is 1.39. The van der Waals surface area contributed by atoms with Crippen LogP contribution in [0.25, 0.3) is 0 Å². The molecule has 1 aliphatic rings. The van der Waals surface area contributed by atoms with E-state index in [1.54, 1.807) is 10.0 Å². The summed E-state index contributed by atoms with van der Waals surface area (Å²) >= 11 is 0.672. The monoisotopic (exact) mass is 252 g/mol. The van der Waals surface area contributed by atoms with Crippen LogP contribution in [0.4, 0.5) is 0 Å². The van der Waals surface area contributed by atoms with Crippen molar-refractivity contribution in [3.8, 4) is 0 Å². The Morgan fingerprint density at radius 3 is 2.71 bits per heavy atom. The standard InChI is InChI=1S/C13H16Se/c1-11-6-5-7-12(11)10-14-13-8-3-2-4-9-13/h2-4,6,8-9,12H,5,7,10H2,1H3. The van der Waals surface area contributed by atoms with Crippen LogP contribution in [-0.2, 0) is 0 Å². The SMILES string of the molecule is CC1=CCCC1C[Se]c1ccccc1. The zero-order valence-corrected chi connectivity index (χ0v) is 10.3. The van der Waals surface area contributed by atoms with E-state index in [4.69, 9.17) is 0 Å². The van der Waals surface area contributed by atoms with Gasteiger partial charge in [0.15, 0.2) is 0 Å². The van der Waals surface area contributed by atoms with Crippen LogP contribution in [0.5, 0.6) is 0 Å². The summed E-state index contributed by atoms with van der Waals surface area (Å²) < 4.78 is 1.54. The van der Waals surface area contributed by atoms with Gasteiger partial charge in [0.25, 0.3) is 0 Å². The predicted molar refractivity (Wildman–Crippen MR) is 63.1 cm³/mol. The van der Waals surface area contributed by atoms with Gasteiger partial charge in [0.1, 0.15) is 0 Å². The van der Waals surface area contributed by atoms with Crippen LogP contribution >= 0.6 is 0 Å².